The van der Waals surface area contributed by atoms with Crippen LogP contribution in [0.25, 0.3) is 32.8 Å². The van der Waals surface area contributed by atoms with Crippen LogP contribution in [0, 0.1) is 13.8 Å². The monoisotopic (exact) mass is 579 g/mol. The molecule has 5 aromatic rings. The molecule has 0 spiro atoms. The van der Waals surface area contributed by atoms with E-state index in [1.165, 1.54) is 0 Å². The first kappa shape index (κ1) is 29.0. The van der Waals surface area contributed by atoms with Gasteiger partial charge in [-0.1, -0.05) is 55.5 Å². The first-order valence-electron chi connectivity index (χ1n) is 15.4. The molecule has 0 saturated carbocycles. The van der Waals surface area contributed by atoms with Crippen LogP contribution in [0.2, 0.25) is 0 Å². The van der Waals surface area contributed by atoms with Crippen LogP contribution in [0.4, 0.5) is 0 Å². The molecular weight excluding hydrogens is 538 g/mol. The van der Waals surface area contributed by atoms with Gasteiger partial charge in [-0.2, -0.15) is 5.10 Å². The third kappa shape index (κ3) is 5.31. The molecule has 0 amide bonds. The highest BCUT2D eigenvalue weighted by Gasteiger charge is 2.31. The number of nitrogens with zero attached hydrogens (tertiary/aromatic N) is 3. The van der Waals surface area contributed by atoms with E-state index in [0.29, 0.717) is 38.7 Å². The Balaban J connectivity index is 1.48. The van der Waals surface area contributed by atoms with Gasteiger partial charge >= 0.3 is 5.97 Å². The van der Waals surface area contributed by atoms with Crippen molar-refractivity contribution in [2.75, 3.05) is 19.8 Å². The first-order valence-corrected chi connectivity index (χ1v) is 15.4. The highest BCUT2D eigenvalue weighted by molar-refractivity contribution is 6.06. The molecule has 224 valence electrons. The quantitative estimate of drug-likeness (QED) is 0.184. The van der Waals surface area contributed by atoms with E-state index in [4.69, 9.17) is 19.3 Å². The second-order valence-corrected chi connectivity index (χ2v) is 11.6. The summed E-state index contributed by atoms with van der Waals surface area (Å²) in [6, 6.07) is 18.8. The van der Waals surface area contributed by atoms with Crippen LogP contribution in [-0.4, -0.2) is 40.1 Å². The molecular formula is C36H41N3O4. The zero-order valence-electron chi connectivity index (χ0n) is 25.9. The van der Waals surface area contributed by atoms with Gasteiger partial charge in [0.25, 0.3) is 0 Å². The summed E-state index contributed by atoms with van der Waals surface area (Å²) in [7, 11) is 1.98. The number of aromatic nitrogens is 3. The van der Waals surface area contributed by atoms with Gasteiger partial charge in [0.1, 0.15) is 11.4 Å². The number of hydrogen-bond donors (Lipinski definition) is 0. The number of fused-ring (bicyclic) bond motifs is 3. The molecule has 3 aromatic carbocycles. The molecule has 0 bridgehead atoms. The molecule has 7 nitrogen and oxygen atoms in total. The second kappa shape index (κ2) is 12.3. The molecule has 1 aliphatic rings. The lowest BCUT2D eigenvalue weighted by molar-refractivity contribution is 0.0511. The highest BCUT2D eigenvalue weighted by atomic mass is 16.5. The average molecular weight is 580 g/mol. The molecule has 2 aromatic heterocycles. The van der Waals surface area contributed by atoms with E-state index in [1.807, 2.05) is 42.9 Å². The number of carbonyl (C=O) groups is 1. The van der Waals surface area contributed by atoms with E-state index in [1.54, 1.807) is 0 Å². The fourth-order valence-electron chi connectivity index (χ4n) is 6.59. The van der Waals surface area contributed by atoms with Crippen molar-refractivity contribution in [3.05, 3.63) is 82.8 Å². The molecule has 0 N–H and O–H groups in total. The lowest BCUT2D eigenvalue weighted by atomic mass is 9.91. The van der Waals surface area contributed by atoms with E-state index in [0.717, 1.165) is 80.3 Å². The van der Waals surface area contributed by atoms with E-state index in [-0.39, 0.29) is 11.9 Å². The van der Waals surface area contributed by atoms with Crippen LogP contribution in [0.5, 0.6) is 5.75 Å². The SMILES string of the molecule is CCOC(=O)c1c(C(C)CCOc2cccc3ccccc23)c2ccc(C)c3c2n1CCCCOCc1nn(C)c(C)c1-3. The normalized spacial score (nSPS) is 14.3. The van der Waals surface area contributed by atoms with Crippen LogP contribution < -0.4 is 4.74 Å². The fourth-order valence-corrected chi connectivity index (χ4v) is 6.59. The maximum Gasteiger partial charge on any atom is 0.355 e. The van der Waals surface area contributed by atoms with Gasteiger partial charge < -0.3 is 18.8 Å². The van der Waals surface area contributed by atoms with Gasteiger partial charge in [0.05, 0.1) is 31.0 Å². The number of rotatable bonds is 7. The fraction of sp³-hybridized carbons (Fsp3) is 0.389. The maximum atomic E-state index is 13.8. The Kier molecular flexibility index (Phi) is 8.26. The van der Waals surface area contributed by atoms with Crippen LogP contribution in [-0.2, 0) is 29.7 Å². The Labute approximate surface area is 253 Å². The zero-order chi connectivity index (χ0) is 30.1. The minimum absolute atomic E-state index is 0.0550. The molecule has 1 aliphatic heterocycles. The lowest BCUT2D eigenvalue weighted by Crippen LogP contribution is -2.16. The van der Waals surface area contributed by atoms with Crippen molar-refractivity contribution >= 4 is 27.6 Å². The van der Waals surface area contributed by atoms with Crippen LogP contribution in [0.15, 0.2) is 54.6 Å². The summed E-state index contributed by atoms with van der Waals surface area (Å²) in [5.41, 5.74) is 8.16. The van der Waals surface area contributed by atoms with Gasteiger partial charge in [-0.25, -0.2) is 4.79 Å². The van der Waals surface area contributed by atoms with Gasteiger partial charge in [-0.15, -0.1) is 0 Å². The van der Waals surface area contributed by atoms with Gasteiger partial charge in [-0.05, 0) is 68.5 Å². The lowest BCUT2D eigenvalue weighted by Gasteiger charge is -2.16. The van der Waals surface area contributed by atoms with Crippen molar-refractivity contribution in [3.63, 3.8) is 0 Å². The number of hydrogen-bond acceptors (Lipinski definition) is 5. The number of ether oxygens (including phenoxy) is 3. The predicted molar refractivity (Wildman–Crippen MR) is 171 cm³/mol. The van der Waals surface area contributed by atoms with Crippen LogP contribution >= 0.6 is 0 Å². The van der Waals surface area contributed by atoms with Crippen molar-refractivity contribution in [3.8, 4) is 16.9 Å². The largest absolute Gasteiger partial charge is 0.493 e. The third-order valence-electron chi connectivity index (χ3n) is 8.81. The van der Waals surface area contributed by atoms with Crippen LogP contribution in [0.1, 0.15) is 72.0 Å². The number of carbonyl (C=O) groups excluding carboxylic acids is 1. The molecule has 0 radical (unpaired) electrons. The van der Waals surface area contributed by atoms with Gasteiger partial charge in [0.15, 0.2) is 0 Å². The van der Waals surface area contributed by atoms with E-state index in [9.17, 15) is 4.79 Å². The summed E-state index contributed by atoms with van der Waals surface area (Å²) >= 11 is 0. The molecule has 0 saturated heterocycles. The summed E-state index contributed by atoms with van der Waals surface area (Å²) in [6.07, 6.45) is 2.54. The molecule has 1 unspecified atom stereocenters. The Morgan fingerprint density at radius 2 is 1.84 bits per heavy atom. The molecule has 0 aliphatic carbocycles. The number of benzene rings is 3. The molecule has 0 fully saturated rings. The van der Waals surface area contributed by atoms with Crippen LogP contribution in [0.3, 0.4) is 0 Å². The molecule has 43 heavy (non-hydrogen) atoms. The molecule has 1 atom stereocenters. The van der Waals surface area contributed by atoms with Crippen molar-refractivity contribution in [2.24, 2.45) is 7.05 Å². The highest BCUT2D eigenvalue weighted by Crippen LogP contribution is 2.43. The van der Waals surface area contributed by atoms with Gasteiger partial charge in [-0.3, -0.25) is 4.68 Å². The topological polar surface area (TPSA) is 67.5 Å². The smallest absolute Gasteiger partial charge is 0.355 e. The van der Waals surface area contributed by atoms with Gasteiger partial charge in [0.2, 0.25) is 0 Å². The zero-order valence-corrected chi connectivity index (χ0v) is 25.9. The van der Waals surface area contributed by atoms with E-state index >= 15 is 0 Å². The average Bonchev–Trinajstić information content (AvgIpc) is 3.47. The van der Waals surface area contributed by atoms with E-state index < -0.39 is 0 Å². The number of aryl methyl sites for hydroxylation is 3. The van der Waals surface area contributed by atoms with Crippen molar-refractivity contribution in [2.45, 2.75) is 66.0 Å². The standard InChI is InChI=1S/C36H41N3O4/c1-6-42-36(40)35-31(24(3)18-21-43-30-15-11-13-26-12-7-8-14-27(26)30)28-17-16-23(2)32-33-25(4)38(5)37-29(33)22-41-20-10-9-19-39(35)34(28)32/h7-8,11-17,24H,6,9-10,18-22H2,1-5H3. The summed E-state index contributed by atoms with van der Waals surface area (Å²) < 4.78 is 22.3. The third-order valence-corrected chi connectivity index (χ3v) is 8.81. The summed E-state index contributed by atoms with van der Waals surface area (Å²) in [4.78, 5) is 13.8. The minimum Gasteiger partial charge on any atom is -0.493 e. The molecule has 3 heterocycles. The van der Waals surface area contributed by atoms with Gasteiger partial charge in [0, 0.05) is 47.8 Å². The number of esters is 1. The Bertz CT molecular complexity index is 1790. The van der Waals surface area contributed by atoms with Crippen molar-refractivity contribution in [1.82, 2.24) is 14.3 Å². The Morgan fingerprint density at radius 3 is 2.67 bits per heavy atom. The predicted octanol–water partition coefficient (Wildman–Crippen LogP) is 7.87. The molecule has 7 heteroatoms. The van der Waals surface area contributed by atoms with Crippen molar-refractivity contribution in [1.29, 1.82) is 0 Å². The molecule has 6 rings (SSSR count). The van der Waals surface area contributed by atoms with E-state index in [2.05, 4.69) is 55.7 Å². The Morgan fingerprint density at radius 1 is 1.02 bits per heavy atom. The summed E-state index contributed by atoms with van der Waals surface area (Å²) in [5.74, 6) is 0.667. The summed E-state index contributed by atoms with van der Waals surface area (Å²) in [6.45, 7) is 11.0. The summed E-state index contributed by atoms with van der Waals surface area (Å²) in [5, 5.41) is 8.21. The maximum absolute atomic E-state index is 13.8. The first-order chi connectivity index (χ1) is 20.9. The Hall–Kier alpha value is -4.10. The van der Waals surface area contributed by atoms with Crippen molar-refractivity contribution < 1.29 is 19.0 Å². The minimum atomic E-state index is -0.270. The second-order valence-electron chi connectivity index (χ2n) is 11.6.